The van der Waals surface area contributed by atoms with Crippen LogP contribution in [-0.4, -0.2) is 19.7 Å². The number of aromatic hydroxyl groups is 1. The minimum absolute atomic E-state index is 0.276. The second-order valence-electron chi connectivity index (χ2n) is 4.33. The van der Waals surface area contributed by atoms with E-state index in [0.29, 0.717) is 6.42 Å². The van der Waals surface area contributed by atoms with Gasteiger partial charge in [0.25, 0.3) is 0 Å². The van der Waals surface area contributed by atoms with E-state index in [9.17, 15) is 5.11 Å². The van der Waals surface area contributed by atoms with Crippen LogP contribution in [0.25, 0.3) is 5.65 Å². The van der Waals surface area contributed by atoms with E-state index in [1.165, 1.54) is 0 Å². The monoisotopic (exact) mass is 239 g/mol. The van der Waals surface area contributed by atoms with Gasteiger partial charge < -0.3 is 5.11 Å². The van der Waals surface area contributed by atoms with E-state index >= 15 is 0 Å². The van der Waals surface area contributed by atoms with Gasteiger partial charge in [-0.3, -0.25) is 0 Å². The zero-order chi connectivity index (χ0) is 12.5. The lowest BCUT2D eigenvalue weighted by atomic mass is 10.1. The fourth-order valence-corrected chi connectivity index (χ4v) is 1.96. The van der Waals surface area contributed by atoms with E-state index in [-0.39, 0.29) is 5.75 Å². The standard InChI is InChI=1S/C14H13N3O/c1-10-3-2-8-17-14(10)15-13(16-17)9-11-4-6-12(18)7-5-11/h2-8,18H,9H2,1H3. The van der Waals surface area contributed by atoms with Crippen molar-refractivity contribution in [3.05, 3.63) is 59.5 Å². The van der Waals surface area contributed by atoms with Crippen LogP contribution in [0.4, 0.5) is 0 Å². The lowest BCUT2D eigenvalue weighted by molar-refractivity contribution is 0.475. The molecule has 0 bridgehead atoms. The van der Waals surface area contributed by atoms with Crippen molar-refractivity contribution in [2.45, 2.75) is 13.3 Å². The lowest BCUT2D eigenvalue weighted by Gasteiger charge is -1.96. The van der Waals surface area contributed by atoms with E-state index in [2.05, 4.69) is 10.1 Å². The molecule has 3 aromatic rings. The smallest absolute Gasteiger partial charge is 0.158 e. The highest BCUT2D eigenvalue weighted by Gasteiger charge is 2.06. The van der Waals surface area contributed by atoms with Crippen LogP contribution < -0.4 is 0 Å². The van der Waals surface area contributed by atoms with E-state index in [1.54, 1.807) is 16.6 Å². The zero-order valence-electron chi connectivity index (χ0n) is 10.0. The zero-order valence-corrected chi connectivity index (χ0v) is 10.0. The molecule has 0 fully saturated rings. The number of phenols is 1. The Morgan fingerprint density at radius 1 is 1.17 bits per heavy atom. The SMILES string of the molecule is Cc1cccn2nc(Cc3ccc(O)cc3)nc12. The summed E-state index contributed by atoms with van der Waals surface area (Å²) in [6.07, 6.45) is 2.57. The number of rotatable bonds is 2. The molecule has 0 aliphatic heterocycles. The number of aromatic nitrogens is 3. The fraction of sp³-hybridized carbons (Fsp3) is 0.143. The summed E-state index contributed by atoms with van der Waals surface area (Å²) in [6.45, 7) is 2.02. The molecule has 0 saturated carbocycles. The summed E-state index contributed by atoms with van der Waals surface area (Å²) in [5, 5.41) is 13.7. The van der Waals surface area contributed by atoms with Crippen molar-refractivity contribution in [2.75, 3.05) is 0 Å². The van der Waals surface area contributed by atoms with Gasteiger partial charge in [-0.1, -0.05) is 18.2 Å². The fourth-order valence-electron chi connectivity index (χ4n) is 1.96. The molecule has 2 heterocycles. The molecule has 0 radical (unpaired) electrons. The summed E-state index contributed by atoms with van der Waals surface area (Å²) in [4.78, 5) is 4.52. The van der Waals surface area contributed by atoms with Gasteiger partial charge in [0, 0.05) is 12.6 Å². The second kappa shape index (κ2) is 4.14. The average Bonchev–Trinajstić information content (AvgIpc) is 2.76. The maximum absolute atomic E-state index is 9.24. The highest BCUT2D eigenvalue weighted by atomic mass is 16.3. The number of fused-ring (bicyclic) bond motifs is 1. The number of nitrogens with zero attached hydrogens (tertiary/aromatic N) is 3. The maximum Gasteiger partial charge on any atom is 0.158 e. The Balaban J connectivity index is 1.95. The Labute approximate surface area is 105 Å². The average molecular weight is 239 g/mol. The Hall–Kier alpha value is -2.36. The third kappa shape index (κ3) is 1.93. The minimum Gasteiger partial charge on any atom is -0.508 e. The normalized spacial score (nSPS) is 10.9. The van der Waals surface area contributed by atoms with Gasteiger partial charge in [0.15, 0.2) is 11.5 Å². The Morgan fingerprint density at radius 3 is 2.67 bits per heavy atom. The Kier molecular flexibility index (Phi) is 2.48. The van der Waals surface area contributed by atoms with Crippen molar-refractivity contribution in [1.29, 1.82) is 0 Å². The highest BCUT2D eigenvalue weighted by molar-refractivity contribution is 5.46. The number of pyridine rings is 1. The first kappa shape index (κ1) is 10.8. The molecule has 4 nitrogen and oxygen atoms in total. The molecule has 0 aliphatic rings. The van der Waals surface area contributed by atoms with E-state index < -0.39 is 0 Å². The summed E-state index contributed by atoms with van der Waals surface area (Å²) in [5.74, 6) is 1.06. The van der Waals surface area contributed by atoms with Crippen LogP contribution in [-0.2, 0) is 6.42 Å². The van der Waals surface area contributed by atoms with Crippen LogP contribution in [0.1, 0.15) is 17.0 Å². The summed E-state index contributed by atoms with van der Waals surface area (Å²) in [7, 11) is 0. The van der Waals surface area contributed by atoms with Crippen LogP contribution in [0.5, 0.6) is 5.75 Å². The predicted molar refractivity (Wildman–Crippen MR) is 68.6 cm³/mol. The molecule has 2 aromatic heterocycles. The Bertz CT molecular complexity index is 686. The molecule has 0 spiro atoms. The van der Waals surface area contributed by atoms with Crippen LogP contribution in [0.3, 0.4) is 0 Å². The molecule has 0 aliphatic carbocycles. The van der Waals surface area contributed by atoms with Crippen molar-refractivity contribution < 1.29 is 5.11 Å². The van der Waals surface area contributed by atoms with Crippen molar-refractivity contribution in [3.8, 4) is 5.75 Å². The molecule has 0 amide bonds. The maximum atomic E-state index is 9.24. The molecule has 4 heteroatoms. The molecule has 0 saturated heterocycles. The first-order valence-electron chi connectivity index (χ1n) is 5.81. The predicted octanol–water partition coefficient (Wildman–Crippen LogP) is 2.33. The van der Waals surface area contributed by atoms with Gasteiger partial charge in [-0.05, 0) is 36.2 Å². The molecule has 18 heavy (non-hydrogen) atoms. The molecular formula is C14H13N3O. The highest BCUT2D eigenvalue weighted by Crippen LogP contribution is 2.13. The van der Waals surface area contributed by atoms with Crippen molar-refractivity contribution >= 4 is 5.65 Å². The molecule has 3 rings (SSSR count). The number of aryl methyl sites for hydroxylation is 1. The lowest BCUT2D eigenvalue weighted by Crippen LogP contribution is -1.91. The molecule has 1 N–H and O–H groups in total. The first-order valence-corrected chi connectivity index (χ1v) is 5.81. The van der Waals surface area contributed by atoms with Crippen molar-refractivity contribution in [1.82, 2.24) is 14.6 Å². The van der Waals surface area contributed by atoms with Crippen LogP contribution in [0, 0.1) is 6.92 Å². The van der Waals surface area contributed by atoms with Gasteiger partial charge >= 0.3 is 0 Å². The van der Waals surface area contributed by atoms with E-state index in [1.807, 2.05) is 37.4 Å². The van der Waals surface area contributed by atoms with Gasteiger partial charge in [0.2, 0.25) is 0 Å². The van der Waals surface area contributed by atoms with E-state index in [4.69, 9.17) is 0 Å². The number of hydrogen-bond acceptors (Lipinski definition) is 3. The topological polar surface area (TPSA) is 50.4 Å². The second-order valence-corrected chi connectivity index (χ2v) is 4.33. The summed E-state index contributed by atoms with van der Waals surface area (Å²) < 4.78 is 1.80. The summed E-state index contributed by atoms with van der Waals surface area (Å²) in [5.41, 5.74) is 3.09. The van der Waals surface area contributed by atoms with Crippen molar-refractivity contribution in [2.24, 2.45) is 0 Å². The van der Waals surface area contributed by atoms with Crippen LogP contribution in [0.2, 0.25) is 0 Å². The van der Waals surface area contributed by atoms with Gasteiger partial charge in [-0.25, -0.2) is 9.50 Å². The molecule has 0 atom stereocenters. The van der Waals surface area contributed by atoms with Gasteiger partial charge in [-0.15, -0.1) is 0 Å². The molecule has 90 valence electrons. The van der Waals surface area contributed by atoms with Gasteiger partial charge in [0.05, 0.1) is 0 Å². The molecule has 1 aromatic carbocycles. The molecular weight excluding hydrogens is 226 g/mol. The summed E-state index contributed by atoms with van der Waals surface area (Å²) in [6, 6.07) is 11.1. The van der Waals surface area contributed by atoms with Gasteiger partial charge in [0.1, 0.15) is 5.75 Å². The number of benzene rings is 1. The van der Waals surface area contributed by atoms with Crippen molar-refractivity contribution in [3.63, 3.8) is 0 Å². The minimum atomic E-state index is 0.276. The van der Waals surface area contributed by atoms with Crippen LogP contribution >= 0.6 is 0 Å². The summed E-state index contributed by atoms with van der Waals surface area (Å²) >= 11 is 0. The Morgan fingerprint density at radius 2 is 1.94 bits per heavy atom. The van der Waals surface area contributed by atoms with Crippen LogP contribution in [0.15, 0.2) is 42.6 Å². The largest absolute Gasteiger partial charge is 0.508 e. The quantitative estimate of drug-likeness (QED) is 0.746. The first-order chi connectivity index (χ1) is 8.72. The molecule has 0 unspecified atom stereocenters. The number of hydrogen-bond donors (Lipinski definition) is 1. The third-order valence-electron chi connectivity index (χ3n) is 2.90. The van der Waals surface area contributed by atoms with Gasteiger partial charge in [-0.2, -0.15) is 5.10 Å². The number of phenolic OH excluding ortho intramolecular Hbond substituents is 1. The van der Waals surface area contributed by atoms with E-state index in [0.717, 1.165) is 22.6 Å². The third-order valence-corrected chi connectivity index (χ3v) is 2.90.